The largest absolute Gasteiger partial charge is 0.457 e. The Morgan fingerprint density at radius 1 is 0.781 bits per heavy atom. The van der Waals surface area contributed by atoms with Crippen molar-refractivity contribution in [1.82, 2.24) is 4.98 Å². The molecule has 0 aromatic carbocycles. The average molecular weight is 444 g/mol. The van der Waals surface area contributed by atoms with Gasteiger partial charge in [-0.25, -0.2) is 14.6 Å². The van der Waals surface area contributed by atoms with E-state index in [-0.39, 0.29) is 23.6 Å². The third-order valence-corrected chi connectivity index (χ3v) is 7.61. The zero-order chi connectivity index (χ0) is 23.4. The molecule has 2 aliphatic rings. The molecule has 1 aromatic rings. The van der Waals surface area contributed by atoms with Gasteiger partial charge in [0.05, 0.1) is 0 Å². The maximum Gasteiger partial charge on any atom is 0.357 e. The van der Waals surface area contributed by atoms with Crippen LogP contribution in [0.2, 0.25) is 0 Å². The number of carbonyl (C=O) groups excluding carboxylic acids is 2. The van der Waals surface area contributed by atoms with Crippen LogP contribution in [0.5, 0.6) is 0 Å². The topological polar surface area (TPSA) is 65.5 Å². The SMILES string of the molecule is CC(C)[C@H]1CC[C@@H](C)C[C@H]1OC(=O)c1cccc(C(=O)O[C@@H]2C[C@@H](C)CC[C@@H]2C(C)C)n1. The zero-order valence-corrected chi connectivity index (χ0v) is 20.7. The molecule has 2 aliphatic carbocycles. The van der Waals surface area contributed by atoms with Crippen LogP contribution in [0, 0.1) is 35.5 Å². The summed E-state index contributed by atoms with van der Waals surface area (Å²) in [5.74, 6) is 1.84. The Kier molecular flexibility index (Phi) is 8.35. The van der Waals surface area contributed by atoms with Gasteiger partial charge in [0.1, 0.15) is 23.6 Å². The van der Waals surface area contributed by atoms with Crippen molar-refractivity contribution in [2.75, 3.05) is 0 Å². The summed E-state index contributed by atoms with van der Waals surface area (Å²) in [5.41, 5.74) is 0.357. The second-order valence-corrected chi connectivity index (χ2v) is 10.9. The highest BCUT2D eigenvalue weighted by Gasteiger charge is 2.35. The molecule has 5 nitrogen and oxygen atoms in total. The molecule has 2 fully saturated rings. The minimum absolute atomic E-state index is 0.0980. The molecule has 5 heteroatoms. The average Bonchev–Trinajstić information content (AvgIpc) is 2.73. The summed E-state index contributed by atoms with van der Waals surface area (Å²) in [5, 5.41) is 0. The highest BCUT2D eigenvalue weighted by atomic mass is 16.5. The summed E-state index contributed by atoms with van der Waals surface area (Å²) in [6, 6.07) is 4.93. The maximum absolute atomic E-state index is 12.9. The molecular formula is C27H41NO4. The Morgan fingerprint density at radius 3 is 1.56 bits per heavy atom. The predicted octanol–water partition coefficient (Wildman–Crippen LogP) is 6.32. The second-order valence-electron chi connectivity index (χ2n) is 10.9. The van der Waals surface area contributed by atoms with Crippen LogP contribution in [0.4, 0.5) is 0 Å². The molecule has 3 rings (SSSR count). The molecule has 0 saturated heterocycles. The summed E-state index contributed by atoms with van der Waals surface area (Å²) in [4.78, 5) is 30.1. The molecule has 0 spiro atoms. The lowest BCUT2D eigenvalue weighted by molar-refractivity contribution is -0.0184. The van der Waals surface area contributed by atoms with Crippen LogP contribution in [-0.2, 0) is 9.47 Å². The number of aromatic nitrogens is 1. The minimum atomic E-state index is -0.448. The molecule has 6 atom stereocenters. The van der Waals surface area contributed by atoms with E-state index in [0.29, 0.717) is 35.5 Å². The van der Waals surface area contributed by atoms with Crippen molar-refractivity contribution in [2.45, 2.75) is 92.3 Å². The Labute approximate surface area is 193 Å². The van der Waals surface area contributed by atoms with Gasteiger partial charge in [0.15, 0.2) is 0 Å². The highest BCUT2D eigenvalue weighted by molar-refractivity contribution is 5.91. The lowest BCUT2D eigenvalue weighted by atomic mass is 9.75. The quantitative estimate of drug-likeness (QED) is 0.482. The van der Waals surface area contributed by atoms with Gasteiger partial charge in [-0.3, -0.25) is 0 Å². The monoisotopic (exact) mass is 443 g/mol. The van der Waals surface area contributed by atoms with Crippen LogP contribution in [-0.4, -0.2) is 29.1 Å². The Bertz CT molecular complexity index is 728. The van der Waals surface area contributed by atoms with Gasteiger partial charge in [-0.05, 0) is 73.3 Å². The molecule has 0 bridgehead atoms. The van der Waals surface area contributed by atoms with Crippen LogP contribution < -0.4 is 0 Å². The number of rotatable bonds is 6. The standard InChI is InChI=1S/C27H41NO4/c1-16(2)20-12-10-18(5)14-24(20)31-26(29)22-8-7-9-23(28-22)27(30)32-25-15-19(6)11-13-21(25)17(3)4/h7-9,16-21,24-25H,10-15H2,1-6H3/t18-,19+,20-,21-,24-,25-/m1/s1. The van der Waals surface area contributed by atoms with Crippen LogP contribution in [0.1, 0.15) is 101 Å². The molecule has 2 saturated carbocycles. The molecule has 1 heterocycles. The number of nitrogens with zero attached hydrogens (tertiary/aromatic N) is 1. The van der Waals surface area contributed by atoms with E-state index in [2.05, 4.69) is 46.5 Å². The van der Waals surface area contributed by atoms with Crippen molar-refractivity contribution in [3.05, 3.63) is 29.6 Å². The minimum Gasteiger partial charge on any atom is -0.457 e. The molecular weight excluding hydrogens is 402 g/mol. The van der Waals surface area contributed by atoms with Crippen LogP contribution >= 0.6 is 0 Å². The van der Waals surface area contributed by atoms with Gasteiger partial charge in [0, 0.05) is 0 Å². The Morgan fingerprint density at radius 2 is 1.19 bits per heavy atom. The van der Waals surface area contributed by atoms with E-state index in [1.807, 2.05) is 0 Å². The van der Waals surface area contributed by atoms with Crippen molar-refractivity contribution in [1.29, 1.82) is 0 Å². The zero-order valence-electron chi connectivity index (χ0n) is 20.7. The first-order valence-electron chi connectivity index (χ1n) is 12.5. The summed E-state index contributed by atoms with van der Waals surface area (Å²) in [6.07, 6.45) is 6.07. The number of pyridine rings is 1. The van der Waals surface area contributed by atoms with E-state index in [0.717, 1.165) is 25.7 Å². The fraction of sp³-hybridized carbons (Fsp3) is 0.741. The van der Waals surface area contributed by atoms with E-state index in [1.54, 1.807) is 18.2 Å². The Balaban J connectivity index is 1.68. The third-order valence-electron chi connectivity index (χ3n) is 7.61. The fourth-order valence-electron chi connectivity index (χ4n) is 5.56. The molecule has 0 unspecified atom stereocenters. The number of hydrogen-bond acceptors (Lipinski definition) is 5. The molecule has 0 amide bonds. The highest BCUT2D eigenvalue weighted by Crippen LogP contribution is 2.37. The molecule has 0 N–H and O–H groups in total. The van der Waals surface area contributed by atoms with E-state index in [4.69, 9.17) is 9.47 Å². The van der Waals surface area contributed by atoms with E-state index in [1.165, 1.54) is 12.8 Å². The van der Waals surface area contributed by atoms with E-state index in [9.17, 15) is 9.59 Å². The lowest BCUT2D eigenvalue weighted by Crippen LogP contribution is -2.36. The lowest BCUT2D eigenvalue weighted by Gasteiger charge is -2.36. The van der Waals surface area contributed by atoms with Crippen LogP contribution in [0.3, 0.4) is 0 Å². The normalized spacial score (nSPS) is 30.9. The first-order chi connectivity index (χ1) is 15.2. The predicted molar refractivity (Wildman–Crippen MR) is 125 cm³/mol. The van der Waals surface area contributed by atoms with Gasteiger partial charge in [0.2, 0.25) is 0 Å². The molecule has 178 valence electrons. The van der Waals surface area contributed by atoms with Crippen molar-refractivity contribution >= 4 is 11.9 Å². The van der Waals surface area contributed by atoms with Gasteiger partial charge in [-0.2, -0.15) is 0 Å². The number of ether oxygens (including phenoxy) is 2. The smallest absolute Gasteiger partial charge is 0.357 e. The van der Waals surface area contributed by atoms with Gasteiger partial charge in [-0.15, -0.1) is 0 Å². The summed E-state index contributed by atoms with van der Waals surface area (Å²) in [7, 11) is 0. The summed E-state index contributed by atoms with van der Waals surface area (Å²) >= 11 is 0. The second kappa shape index (κ2) is 10.8. The van der Waals surface area contributed by atoms with E-state index < -0.39 is 11.9 Å². The Hall–Kier alpha value is -1.91. The van der Waals surface area contributed by atoms with Crippen molar-refractivity contribution in [3.8, 4) is 0 Å². The van der Waals surface area contributed by atoms with Crippen molar-refractivity contribution < 1.29 is 19.1 Å². The molecule has 0 aliphatic heterocycles. The first-order valence-corrected chi connectivity index (χ1v) is 12.5. The van der Waals surface area contributed by atoms with Gasteiger partial charge < -0.3 is 9.47 Å². The van der Waals surface area contributed by atoms with Crippen LogP contribution in [0.15, 0.2) is 18.2 Å². The maximum atomic E-state index is 12.9. The fourth-order valence-corrected chi connectivity index (χ4v) is 5.56. The van der Waals surface area contributed by atoms with E-state index >= 15 is 0 Å². The van der Waals surface area contributed by atoms with Gasteiger partial charge in [-0.1, -0.05) is 60.5 Å². The molecule has 32 heavy (non-hydrogen) atoms. The van der Waals surface area contributed by atoms with Crippen molar-refractivity contribution in [2.24, 2.45) is 35.5 Å². The van der Waals surface area contributed by atoms with Gasteiger partial charge in [0.25, 0.3) is 0 Å². The number of hydrogen-bond donors (Lipinski definition) is 0. The summed E-state index contributed by atoms with van der Waals surface area (Å²) in [6.45, 7) is 13.2. The third kappa shape index (κ3) is 6.11. The molecule has 1 aromatic heterocycles. The van der Waals surface area contributed by atoms with Crippen LogP contribution in [0.25, 0.3) is 0 Å². The number of carbonyl (C=O) groups is 2. The number of esters is 2. The first kappa shape index (κ1) is 24.7. The van der Waals surface area contributed by atoms with Crippen molar-refractivity contribution in [3.63, 3.8) is 0 Å². The summed E-state index contributed by atoms with van der Waals surface area (Å²) < 4.78 is 11.8. The van der Waals surface area contributed by atoms with Gasteiger partial charge >= 0.3 is 11.9 Å². The molecule has 0 radical (unpaired) electrons.